The van der Waals surface area contributed by atoms with Gasteiger partial charge in [0, 0.05) is 18.8 Å². The van der Waals surface area contributed by atoms with Crippen molar-refractivity contribution in [1.82, 2.24) is 4.31 Å². The van der Waals surface area contributed by atoms with Crippen molar-refractivity contribution in [3.8, 4) is 0 Å². The maximum Gasteiger partial charge on any atom is 0.267 e. The summed E-state index contributed by atoms with van der Waals surface area (Å²) >= 11 is 1.07. The van der Waals surface area contributed by atoms with Crippen molar-refractivity contribution in [1.29, 1.82) is 0 Å². The van der Waals surface area contributed by atoms with Gasteiger partial charge in [-0.3, -0.25) is 4.79 Å². The standard InChI is InChI=1S/C15H15FN2O3S2/c16-11-3-5-12(6-4-11)17-15(19)14-13(7-10-22-14)23(20,21)18-8-1-2-9-18/h3-7,10H,1-2,8-9H2,(H,17,19). The van der Waals surface area contributed by atoms with Crippen LogP contribution in [0.4, 0.5) is 10.1 Å². The number of carbonyl (C=O) groups is 1. The predicted molar refractivity (Wildman–Crippen MR) is 86.7 cm³/mol. The first-order valence-corrected chi connectivity index (χ1v) is 9.45. The van der Waals surface area contributed by atoms with Crippen molar-refractivity contribution in [2.24, 2.45) is 0 Å². The summed E-state index contributed by atoms with van der Waals surface area (Å²) in [4.78, 5) is 12.5. The quantitative estimate of drug-likeness (QED) is 0.918. The van der Waals surface area contributed by atoms with Gasteiger partial charge in [-0.1, -0.05) is 0 Å². The number of thiophene rings is 1. The summed E-state index contributed by atoms with van der Waals surface area (Å²) in [5.74, 6) is -0.916. The van der Waals surface area contributed by atoms with E-state index in [4.69, 9.17) is 0 Å². The maximum absolute atomic E-state index is 12.9. The fourth-order valence-corrected chi connectivity index (χ4v) is 5.27. The zero-order valence-electron chi connectivity index (χ0n) is 12.2. The van der Waals surface area contributed by atoms with Crippen molar-refractivity contribution in [3.05, 3.63) is 46.4 Å². The Morgan fingerprint density at radius 3 is 2.43 bits per heavy atom. The zero-order chi connectivity index (χ0) is 16.4. The minimum atomic E-state index is -3.65. The number of hydrogen-bond donors (Lipinski definition) is 1. The van der Waals surface area contributed by atoms with Crippen LogP contribution in [0.5, 0.6) is 0 Å². The van der Waals surface area contributed by atoms with E-state index in [1.807, 2.05) is 0 Å². The molecule has 2 aromatic rings. The minimum absolute atomic E-state index is 0.0315. The van der Waals surface area contributed by atoms with Crippen molar-refractivity contribution in [2.75, 3.05) is 18.4 Å². The normalized spacial score (nSPS) is 15.7. The molecule has 0 atom stereocenters. The molecule has 1 fully saturated rings. The average molecular weight is 354 g/mol. The van der Waals surface area contributed by atoms with Crippen molar-refractivity contribution >= 4 is 33.0 Å². The summed E-state index contributed by atoms with van der Waals surface area (Å²) in [6.45, 7) is 0.967. The van der Waals surface area contributed by atoms with E-state index in [1.165, 1.54) is 34.6 Å². The van der Waals surface area contributed by atoms with E-state index in [9.17, 15) is 17.6 Å². The van der Waals surface area contributed by atoms with Crippen LogP contribution in [-0.4, -0.2) is 31.7 Å². The predicted octanol–water partition coefficient (Wildman–Crippen LogP) is 2.92. The number of amides is 1. The molecule has 2 heterocycles. The number of rotatable bonds is 4. The number of sulfonamides is 1. The Hall–Kier alpha value is -1.77. The topological polar surface area (TPSA) is 66.5 Å². The molecule has 1 amide bonds. The van der Waals surface area contributed by atoms with Crippen LogP contribution < -0.4 is 5.32 Å². The highest BCUT2D eigenvalue weighted by atomic mass is 32.2. The lowest BCUT2D eigenvalue weighted by Crippen LogP contribution is -2.29. The highest BCUT2D eigenvalue weighted by molar-refractivity contribution is 7.89. The highest BCUT2D eigenvalue weighted by Gasteiger charge is 2.31. The molecule has 0 aliphatic carbocycles. The number of carbonyl (C=O) groups excluding carboxylic acids is 1. The number of benzene rings is 1. The van der Waals surface area contributed by atoms with Gasteiger partial charge in [-0.15, -0.1) is 11.3 Å². The van der Waals surface area contributed by atoms with Gasteiger partial charge in [-0.25, -0.2) is 12.8 Å². The fourth-order valence-electron chi connectivity index (χ4n) is 2.45. The third-order valence-electron chi connectivity index (χ3n) is 3.62. The van der Waals surface area contributed by atoms with Gasteiger partial charge in [-0.2, -0.15) is 4.31 Å². The molecule has 1 aromatic heterocycles. The molecule has 1 aromatic carbocycles. The number of halogens is 1. The van der Waals surface area contributed by atoms with Crippen molar-refractivity contribution < 1.29 is 17.6 Å². The Kier molecular flexibility index (Phi) is 4.47. The van der Waals surface area contributed by atoms with Crippen LogP contribution in [0.1, 0.15) is 22.5 Å². The van der Waals surface area contributed by atoms with Gasteiger partial charge in [0.25, 0.3) is 5.91 Å². The van der Waals surface area contributed by atoms with Crippen LogP contribution in [0.3, 0.4) is 0 Å². The van der Waals surface area contributed by atoms with Gasteiger partial charge < -0.3 is 5.32 Å². The molecule has 0 unspecified atom stereocenters. The Balaban J connectivity index is 1.85. The number of nitrogens with zero attached hydrogens (tertiary/aromatic N) is 1. The smallest absolute Gasteiger partial charge is 0.267 e. The zero-order valence-corrected chi connectivity index (χ0v) is 13.8. The van der Waals surface area contributed by atoms with Gasteiger partial charge in [0.2, 0.25) is 10.0 Å². The SMILES string of the molecule is O=C(Nc1ccc(F)cc1)c1sccc1S(=O)(=O)N1CCCC1. The lowest BCUT2D eigenvalue weighted by molar-refractivity contribution is 0.102. The number of anilines is 1. The van der Waals surface area contributed by atoms with E-state index in [2.05, 4.69) is 5.32 Å². The lowest BCUT2D eigenvalue weighted by atomic mass is 10.3. The Bertz CT molecular complexity index is 810. The first-order valence-electron chi connectivity index (χ1n) is 7.13. The van der Waals surface area contributed by atoms with Crippen molar-refractivity contribution in [2.45, 2.75) is 17.7 Å². The molecule has 0 bridgehead atoms. The van der Waals surface area contributed by atoms with Crippen LogP contribution in [-0.2, 0) is 10.0 Å². The molecule has 3 rings (SSSR count). The molecular formula is C15H15FN2O3S2. The second kappa shape index (κ2) is 6.38. The molecule has 0 radical (unpaired) electrons. The van der Waals surface area contributed by atoms with E-state index in [0.717, 1.165) is 24.2 Å². The third kappa shape index (κ3) is 3.29. The van der Waals surface area contributed by atoms with E-state index in [0.29, 0.717) is 18.8 Å². The molecule has 1 N–H and O–H groups in total. The molecule has 23 heavy (non-hydrogen) atoms. The molecule has 1 aliphatic heterocycles. The molecular weight excluding hydrogens is 339 g/mol. The molecule has 122 valence electrons. The van der Waals surface area contributed by atoms with Crippen LogP contribution in [0.2, 0.25) is 0 Å². The van der Waals surface area contributed by atoms with Crippen molar-refractivity contribution in [3.63, 3.8) is 0 Å². The fraction of sp³-hybridized carbons (Fsp3) is 0.267. The molecule has 0 saturated carbocycles. The summed E-state index contributed by atoms with van der Waals surface area (Å²) in [6.07, 6.45) is 1.67. The van der Waals surface area contributed by atoms with E-state index in [1.54, 1.807) is 5.38 Å². The van der Waals surface area contributed by atoms with Gasteiger partial charge in [0.05, 0.1) is 0 Å². The number of hydrogen-bond acceptors (Lipinski definition) is 4. The van der Waals surface area contributed by atoms with Gasteiger partial charge in [-0.05, 0) is 48.6 Å². The summed E-state index contributed by atoms with van der Waals surface area (Å²) in [5, 5.41) is 4.18. The number of nitrogens with one attached hydrogen (secondary N) is 1. The summed E-state index contributed by atoms with van der Waals surface area (Å²) in [7, 11) is -3.65. The van der Waals surface area contributed by atoms with Crippen LogP contribution in [0, 0.1) is 5.82 Å². The van der Waals surface area contributed by atoms with E-state index in [-0.39, 0.29) is 9.77 Å². The minimum Gasteiger partial charge on any atom is -0.321 e. The first-order chi connectivity index (χ1) is 11.0. The molecule has 5 nitrogen and oxygen atoms in total. The third-order valence-corrected chi connectivity index (χ3v) is 6.60. The monoisotopic (exact) mass is 354 g/mol. The molecule has 0 spiro atoms. The molecule has 8 heteroatoms. The van der Waals surface area contributed by atoms with Crippen LogP contribution in [0.15, 0.2) is 40.6 Å². The lowest BCUT2D eigenvalue weighted by Gasteiger charge is -2.15. The Morgan fingerprint density at radius 2 is 1.78 bits per heavy atom. The van der Waals surface area contributed by atoms with Gasteiger partial charge in [0.15, 0.2) is 0 Å². The average Bonchev–Trinajstić information content (AvgIpc) is 3.21. The van der Waals surface area contributed by atoms with E-state index >= 15 is 0 Å². The van der Waals surface area contributed by atoms with Gasteiger partial charge >= 0.3 is 0 Å². The summed E-state index contributed by atoms with van der Waals surface area (Å²) < 4.78 is 39.5. The van der Waals surface area contributed by atoms with Crippen LogP contribution in [0.25, 0.3) is 0 Å². The van der Waals surface area contributed by atoms with Gasteiger partial charge in [0.1, 0.15) is 15.6 Å². The molecule has 1 aliphatic rings. The maximum atomic E-state index is 12.9. The Labute approximate surface area is 137 Å². The van der Waals surface area contributed by atoms with Crippen LogP contribution >= 0.6 is 11.3 Å². The molecule has 1 saturated heterocycles. The Morgan fingerprint density at radius 1 is 1.13 bits per heavy atom. The first kappa shape index (κ1) is 16.1. The largest absolute Gasteiger partial charge is 0.321 e. The second-order valence-corrected chi connectivity index (χ2v) is 8.01. The van der Waals surface area contributed by atoms with E-state index < -0.39 is 21.7 Å². The second-order valence-electron chi connectivity index (χ2n) is 5.19. The highest BCUT2D eigenvalue weighted by Crippen LogP contribution is 2.28. The summed E-state index contributed by atoms with van der Waals surface area (Å²) in [6, 6.07) is 6.76. The summed E-state index contributed by atoms with van der Waals surface area (Å²) in [5.41, 5.74) is 0.411.